The number of hydrogen-bond acceptors (Lipinski definition) is 2. The largest absolute Gasteiger partial charge is 0.317 e. The fraction of sp³-hybridized carbons (Fsp3) is 1.00. The van der Waals surface area contributed by atoms with Crippen molar-refractivity contribution < 1.29 is 8.78 Å². The van der Waals surface area contributed by atoms with Gasteiger partial charge in [-0.05, 0) is 45.3 Å². The Labute approximate surface area is 90.0 Å². The third-order valence-electron chi connectivity index (χ3n) is 3.67. The first-order valence-corrected chi connectivity index (χ1v) is 6.00. The van der Waals surface area contributed by atoms with Crippen molar-refractivity contribution in [1.29, 1.82) is 0 Å². The second kappa shape index (κ2) is 5.21. The summed E-state index contributed by atoms with van der Waals surface area (Å²) >= 11 is 0. The van der Waals surface area contributed by atoms with Gasteiger partial charge in [0, 0.05) is 18.5 Å². The minimum Gasteiger partial charge on any atom is -0.317 e. The molecule has 2 aliphatic heterocycles. The number of nitrogens with one attached hydrogen (secondary N) is 1. The first kappa shape index (κ1) is 11.3. The second-order valence-corrected chi connectivity index (χ2v) is 4.71. The van der Waals surface area contributed by atoms with E-state index in [2.05, 4.69) is 10.2 Å². The Hall–Kier alpha value is -0.220. The molecule has 0 bridgehead atoms. The molecule has 0 amide bonds. The van der Waals surface area contributed by atoms with Crippen LogP contribution in [0.5, 0.6) is 0 Å². The van der Waals surface area contributed by atoms with Crippen LogP contribution in [0, 0.1) is 5.92 Å². The Bertz CT molecular complexity index is 193. The Morgan fingerprint density at radius 1 is 1.13 bits per heavy atom. The van der Waals surface area contributed by atoms with Crippen molar-refractivity contribution >= 4 is 0 Å². The van der Waals surface area contributed by atoms with E-state index in [4.69, 9.17) is 0 Å². The molecule has 0 aromatic heterocycles. The molecule has 0 aliphatic carbocycles. The summed E-state index contributed by atoms with van der Waals surface area (Å²) in [5.74, 6) is -0.381. The van der Waals surface area contributed by atoms with Gasteiger partial charge in [-0.3, -0.25) is 4.90 Å². The van der Waals surface area contributed by atoms with Gasteiger partial charge in [0.25, 0.3) is 0 Å². The van der Waals surface area contributed by atoms with E-state index < -0.39 is 6.43 Å². The molecule has 0 saturated carbocycles. The van der Waals surface area contributed by atoms with Crippen molar-refractivity contribution in [3.8, 4) is 0 Å². The molecule has 15 heavy (non-hydrogen) atoms. The summed E-state index contributed by atoms with van der Waals surface area (Å²) in [7, 11) is 0. The summed E-state index contributed by atoms with van der Waals surface area (Å²) in [6.45, 7) is 3.72. The zero-order valence-corrected chi connectivity index (χ0v) is 9.09. The summed E-state index contributed by atoms with van der Waals surface area (Å²) in [5.41, 5.74) is 0. The predicted molar refractivity (Wildman–Crippen MR) is 56.2 cm³/mol. The number of likely N-dealkylation sites (tertiary alicyclic amines) is 1. The van der Waals surface area contributed by atoms with Crippen LogP contribution >= 0.6 is 0 Å². The maximum absolute atomic E-state index is 12.6. The van der Waals surface area contributed by atoms with Gasteiger partial charge in [0.1, 0.15) is 0 Å². The quantitative estimate of drug-likeness (QED) is 0.759. The minimum absolute atomic E-state index is 0.381. The lowest BCUT2D eigenvalue weighted by Crippen LogP contribution is -2.48. The molecule has 0 spiro atoms. The van der Waals surface area contributed by atoms with Gasteiger partial charge in [0.05, 0.1) is 0 Å². The molecule has 2 heterocycles. The molecule has 0 aromatic carbocycles. The third kappa shape index (κ3) is 2.88. The topological polar surface area (TPSA) is 15.3 Å². The lowest BCUT2D eigenvalue weighted by molar-refractivity contribution is 0.00931. The first-order chi connectivity index (χ1) is 7.27. The molecule has 1 N–H and O–H groups in total. The molecule has 4 heteroatoms. The Morgan fingerprint density at radius 2 is 1.87 bits per heavy atom. The second-order valence-electron chi connectivity index (χ2n) is 4.71. The molecular weight excluding hydrogens is 198 g/mol. The molecule has 2 fully saturated rings. The number of alkyl halides is 2. The van der Waals surface area contributed by atoms with Crippen LogP contribution in [-0.4, -0.2) is 43.5 Å². The fourth-order valence-electron chi connectivity index (χ4n) is 2.75. The number of halogens is 2. The van der Waals surface area contributed by atoms with Gasteiger partial charge >= 0.3 is 0 Å². The zero-order chi connectivity index (χ0) is 10.7. The van der Waals surface area contributed by atoms with Gasteiger partial charge in [-0.1, -0.05) is 0 Å². The number of piperidine rings is 2. The Kier molecular flexibility index (Phi) is 3.92. The average Bonchev–Trinajstić information content (AvgIpc) is 2.30. The molecule has 2 nitrogen and oxygen atoms in total. The Morgan fingerprint density at radius 3 is 2.53 bits per heavy atom. The molecule has 2 rings (SSSR count). The highest BCUT2D eigenvalue weighted by Gasteiger charge is 2.30. The van der Waals surface area contributed by atoms with E-state index >= 15 is 0 Å². The maximum atomic E-state index is 12.6. The number of rotatable bonds is 2. The monoisotopic (exact) mass is 218 g/mol. The molecule has 0 aromatic rings. The normalized spacial score (nSPS) is 31.0. The zero-order valence-electron chi connectivity index (χ0n) is 9.09. The molecule has 88 valence electrons. The lowest BCUT2D eigenvalue weighted by Gasteiger charge is -2.39. The van der Waals surface area contributed by atoms with Crippen molar-refractivity contribution in [3.05, 3.63) is 0 Å². The van der Waals surface area contributed by atoms with E-state index in [0.29, 0.717) is 19.0 Å². The van der Waals surface area contributed by atoms with Crippen molar-refractivity contribution in [2.45, 2.75) is 38.2 Å². The average molecular weight is 218 g/mol. The van der Waals surface area contributed by atoms with E-state index in [1.165, 1.54) is 0 Å². The smallest absolute Gasteiger partial charge is 0.242 e. The van der Waals surface area contributed by atoms with Crippen LogP contribution in [-0.2, 0) is 0 Å². The predicted octanol–water partition coefficient (Wildman–Crippen LogP) is 1.72. The molecule has 2 saturated heterocycles. The minimum atomic E-state index is -2.13. The van der Waals surface area contributed by atoms with Gasteiger partial charge in [-0.15, -0.1) is 0 Å². The molecule has 2 aliphatic rings. The third-order valence-corrected chi connectivity index (χ3v) is 3.67. The fourth-order valence-corrected chi connectivity index (χ4v) is 2.75. The highest BCUT2D eigenvalue weighted by Crippen LogP contribution is 2.25. The molecule has 1 atom stereocenters. The van der Waals surface area contributed by atoms with Crippen LogP contribution < -0.4 is 5.32 Å². The summed E-state index contributed by atoms with van der Waals surface area (Å²) in [5, 5.41) is 3.31. The molecule has 0 radical (unpaired) electrons. The van der Waals surface area contributed by atoms with Crippen LogP contribution in [0.4, 0.5) is 8.78 Å². The first-order valence-electron chi connectivity index (χ1n) is 6.00. The van der Waals surface area contributed by atoms with Crippen LogP contribution in [0.3, 0.4) is 0 Å². The SMILES string of the molecule is FC(F)C1CCCN(C2CCNCC2)C1. The van der Waals surface area contributed by atoms with Gasteiger partial charge in [-0.25, -0.2) is 8.78 Å². The summed E-state index contributed by atoms with van der Waals surface area (Å²) < 4.78 is 25.2. The van der Waals surface area contributed by atoms with Crippen molar-refractivity contribution in [2.75, 3.05) is 26.2 Å². The van der Waals surface area contributed by atoms with Crippen LogP contribution in [0.15, 0.2) is 0 Å². The van der Waals surface area contributed by atoms with E-state index in [1.54, 1.807) is 0 Å². The number of hydrogen-bond donors (Lipinski definition) is 1. The summed E-state index contributed by atoms with van der Waals surface area (Å²) in [4.78, 5) is 2.29. The van der Waals surface area contributed by atoms with E-state index in [9.17, 15) is 8.78 Å². The van der Waals surface area contributed by atoms with Gasteiger partial charge in [0.2, 0.25) is 6.43 Å². The standard InChI is InChI=1S/C11H20F2N2/c12-11(13)9-2-1-7-15(8-9)10-3-5-14-6-4-10/h9-11,14H,1-8H2. The van der Waals surface area contributed by atoms with Crippen molar-refractivity contribution in [3.63, 3.8) is 0 Å². The Balaban J connectivity index is 1.85. The van der Waals surface area contributed by atoms with Crippen molar-refractivity contribution in [2.24, 2.45) is 5.92 Å². The maximum Gasteiger partial charge on any atom is 0.242 e. The van der Waals surface area contributed by atoms with Crippen LogP contribution in [0.2, 0.25) is 0 Å². The van der Waals surface area contributed by atoms with E-state index in [0.717, 1.165) is 38.9 Å². The van der Waals surface area contributed by atoms with E-state index in [-0.39, 0.29) is 5.92 Å². The molecule has 1 unspecified atom stereocenters. The van der Waals surface area contributed by atoms with Crippen LogP contribution in [0.25, 0.3) is 0 Å². The van der Waals surface area contributed by atoms with Gasteiger partial charge in [0.15, 0.2) is 0 Å². The van der Waals surface area contributed by atoms with Crippen LogP contribution in [0.1, 0.15) is 25.7 Å². The van der Waals surface area contributed by atoms with Gasteiger partial charge in [-0.2, -0.15) is 0 Å². The number of nitrogens with zero attached hydrogens (tertiary/aromatic N) is 1. The lowest BCUT2D eigenvalue weighted by atomic mass is 9.94. The van der Waals surface area contributed by atoms with Crippen molar-refractivity contribution in [1.82, 2.24) is 10.2 Å². The summed E-state index contributed by atoms with van der Waals surface area (Å²) in [6.07, 6.45) is 1.76. The molecular formula is C11H20F2N2. The van der Waals surface area contributed by atoms with Gasteiger partial charge < -0.3 is 5.32 Å². The summed E-state index contributed by atoms with van der Waals surface area (Å²) in [6, 6.07) is 0.549. The van der Waals surface area contributed by atoms with E-state index in [1.807, 2.05) is 0 Å². The highest BCUT2D eigenvalue weighted by atomic mass is 19.3. The highest BCUT2D eigenvalue weighted by molar-refractivity contribution is 4.83.